The van der Waals surface area contributed by atoms with E-state index in [2.05, 4.69) is 0 Å². The van der Waals surface area contributed by atoms with Gasteiger partial charge in [-0.2, -0.15) is 0 Å². The zero-order chi connectivity index (χ0) is 10.2. The Morgan fingerprint density at radius 3 is 2.23 bits per heavy atom. The summed E-state index contributed by atoms with van der Waals surface area (Å²) >= 11 is 5.86. The highest BCUT2D eigenvalue weighted by molar-refractivity contribution is 6.30. The molecule has 1 rings (SSSR count). The maximum Gasteiger partial charge on any atom is 0.129 e. The summed E-state index contributed by atoms with van der Waals surface area (Å²) in [6.07, 6.45) is 0. The van der Waals surface area contributed by atoms with Gasteiger partial charge in [-0.15, -0.1) is 0 Å². The van der Waals surface area contributed by atoms with Crippen molar-refractivity contribution in [3.05, 3.63) is 34.1 Å². The molecule has 0 amide bonds. The fourth-order valence-corrected chi connectivity index (χ4v) is 1.54. The van der Waals surface area contributed by atoms with E-state index in [-0.39, 0.29) is 11.2 Å². The van der Waals surface area contributed by atoms with Crippen molar-refractivity contribution >= 4 is 11.6 Å². The molecule has 0 atom stereocenters. The molecule has 0 saturated carbocycles. The average molecular weight is 201 g/mol. The van der Waals surface area contributed by atoms with Crippen molar-refractivity contribution in [3.8, 4) is 0 Å². The second kappa shape index (κ2) is 3.30. The number of halogens is 2. The third-order valence-corrected chi connectivity index (χ3v) is 2.25. The molecule has 0 aliphatic heterocycles. The van der Waals surface area contributed by atoms with Crippen molar-refractivity contribution in [2.24, 2.45) is 0 Å². The number of hydrogen-bond donors (Lipinski definition) is 0. The Balaban J connectivity index is 3.37. The van der Waals surface area contributed by atoms with Crippen LogP contribution in [0.15, 0.2) is 12.1 Å². The van der Waals surface area contributed by atoms with Gasteiger partial charge in [-0.1, -0.05) is 32.4 Å². The average Bonchev–Trinajstić information content (AvgIpc) is 1.94. The van der Waals surface area contributed by atoms with Crippen molar-refractivity contribution in [1.29, 1.82) is 0 Å². The van der Waals surface area contributed by atoms with Crippen molar-refractivity contribution in [2.75, 3.05) is 0 Å². The molecule has 0 nitrogen and oxygen atoms in total. The van der Waals surface area contributed by atoms with Crippen LogP contribution in [0.3, 0.4) is 0 Å². The Morgan fingerprint density at radius 1 is 1.23 bits per heavy atom. The molecule has 0 aromatic heterocycles. The number of benzene rings is 1. The molecular weight excluding hydrogens is 187 g/mol. The molecule has 0 bridgehead atoms. The minimum atomic E-state index is -0.195. The number of hydrogen-bond acceptors (Lipinski definition) is 0. The van der Waals surface area contributed by atoms with E-state index >= 15 is 0 Å². The Labute approximate surface area is 83.7 Å². The summed E-state index contributed by atoms with van der Waals surface area (Å²) in [6.45, 7) is 7.65. The van der Waals surface area contributed by atoms with Crippen LogP contribution < -0.4 is 0 Å². The Hall–Kier alpha value is -0.560. The van der Waals surface area contributed by atoms with Gasteiger partial charge in [0.25, 0.3) is 0 Å². The molecule has 1 aromatic carbocycles. The fourth-order valence-electron chi connectivity index (χ4n) is 1.27. The number of rotatable bonds is 0. The predicted octanol–water partition coefficient (Wildman–Crippen LogP) is 4.09. The molecule has 1 aromatic rings. The van der Waals surface area contributed by atoms with Crippen molar-refractivity contribution in [2.45, 2.75) is 33.1 Å². The summed E-state index contributed by atoms with van der Waals surface area (Å²) in [4.78, 5) is 0. The summed E-state index contributed by atoms with van der Waals surface area (Å²) < 4.78 is 13.6. The van der Waals surface area contributed by atoms with Crippen LogP contribution in [-0.2, 0) is 5.41 Å². The highest BCUT2D eigenvalue weighted by Crippen LogP contribution is 2.29. The second-order valence-electron chi connectivity index (χ2n) is 4.33. The summed E-state index contributed by atoms with van der Waals surface area (Å²) in [5.74, 6) is -0.142. The molecule has 0 unspecified atom stereocenters. The van der Waals surface area contributed by atoms with Crippen molar-refractivity contribution in [1.82, 2.24) is 0 Å². The normalized spacial score (nSPS) is 11.8. The molecule has 0 N–H and O–H groups in total. The Kier molecular flexibility index (Phi) is 2.67. The molecule has 0 fully saturated rings. The van der Waals surface area contributed by atoms with Gasteiger partial charge in [0.2, 0.25) is 0 Å². The van der Waals surface area contributed by atoms with Crippen LogP contribution in [-0.4, -0.2) is 0 Å². The minimum Gasteiger partial charge on any atom is -0.206 e. The molecule has 0 heterocycles. The lowest BCUT2D eigenvalue weighted by atomic mass is 9.86. The topological polar surface area (TPSA) is 0 Å². The van der Waals surface area contributed by atoms with Crippen LogP contribution in [0.25, 0.3) is 0 Å². The molecule has 13 heavy (non-hydrogen) atoms. The predicted molar refractivity (Wildman–Crippen MR) is 54.8 cm³/mol. The SMILES string of the molecule is Cc1cc(Cl)cc(C(C)(C)C)c1F. The molecule has 0 aliphatic carbocycles. The summed E-state index contributed by atoms with van der Waals surface area (Å²) in [7, 11) is 0. The van der Waals surface area contributed by atoms with E-state index in [0.717, 1.165) is 0 Å². The van der Waals surface area contributed by atoms with Crippen LogP contribution in [0, 0.1) is 12.7 Å². The van der Waals surface area contributed by atoms with Gasteiger partial charge in [-0.25, -0.2) is 4.39 Å². The summed E-state index contributed by atoms with van der Waals surface area (Å²) in [6, 6.07) is 3.34. The standard InChI is InChI=1S/C11H14ClF/c1-7-5-8(12)6-9(10(7)13)11(2,3)4/h5-6H,1-4H3. The monoisotopic (exact) mass is 200 g/mol. The first-order chi connectivity index (χ1) is 5.82. The van der Waals surface area contributed by atoms with E-state index in [1.54, 1.807) is 19.1 Å². The van der Waals surface area contributed by atoms with Crippen LogP contribution in [0.1, 0.15) is 31.9 Å². The van der Waals surface area contributed by atoms with Crippen LogP contribution >= 0.6 is 11.6 Å². The van der Waals surface area contributed by atoms with Gasteiger partial charge < -0.3 is 0 Å². The third-order valence-electron chi connectivity index (χ3n) is 2.03. The quantitative estimate of drug-likeness (QED) is 0.592. The summed E-state index contributed by atoms with van der Waals surface area (Å²) in [5.41, 5.74) is 1.09. The maximum atomic E-state index is 13.6. The first-order valence-corrected chi connectivity index (χ1v) is 4.66. The van der Waals surface area contributed by atoms with Gasteiger partial charge in [0.1, 0.15) is 5.82 Å². The Bertz CT molecular complexity index is 324. The van der Waals surface area contributed by atoms with Crippen LogP contribution in [0.2, 0.25) is 5.02 Å². The number of aryl methyl sites for hydroxylation is 1. The van der Waals surface area contributed by atoms with Gasteiger partial charge in [-0.05, 0) is 35.6 Å². The van der Waals surface area contributed by atoms with E-state index in [1.165, 1.54) is 0 Å². The zero-order valence-corrected chi connectivity index (χ0v) is 9.17. The van der Waals surface area contributed by atoms with Gasteiger partial charge >= 0.3 is 0 Å². The fraction of sp³-hybridized carbons (Fsp3) is 0.455. The molecular formula is C11H14ClF. The Morgan fingerprint density at radius 2 is 1.77 bits per heavy atom. The van der Waals surface area contributed by atoms with E-state index in [9.17, 15) is 4.39 Å². The second-order valence-corrected chi connectivity index (χ2v) is 4.77. The lowest BCUT2D eigenvalue weighted by molar-refractivity contribution is 0.518. The van der Waals surface area contributed by atoms with Gasteiger partial charge in [0.15, 0.2) is 0 Å². The molecule has 0 saturated heterocycles. The lowest BCUT2D eigenvalue weighted by Gasteiger charge is -2.20. The molecule has 72 valence electrons. The van der Waals surface area contributed by atoms with E-state index in [1.807, 2.05) is 20.8 Å². The highest BCUT2D eigenvalue weighted by Gasteiger charge is 2.20. The molecule has 0 spiro atoms. The largest absolute Gasteiger partial charge is 0.206 e. The smallest absolute Gasteiger partial charge is 0.129 e. The van der Waals surface area contributed by atoms with Crippen molar-refractivity contribution in [3.63, 3.8) is 0 Å². The maximum absolute atomic E-state index is 13.6. The highest BCUT2D eigenvalue weighted by atomic mass is 35.5. The molecule has 0 radical (unpaired) electrons. The third kappa shape index (κ3) is 2.22. The van der Waals surface area contributed by atoms with Crippen LogP contribution in [0.5, 0.6) is 0 Å². The molecule has 2 heteroatoms. The minimum absolute atomic E-state index is 0.142. The first-order valence-electron chi connectivity index (χ1n) is 4.28. The van der Waals surface area contributed by atoms with Gasteiger partial charge in [0.05, 0.1) is 0 Å². The zero-order valence-electron chi connectivity index (χ0n) is 8.41. The lowest BCUT2D eigenvalue weighted by Crippen LogP contribution is -2.14. The van der Waals surface area contributed by atoms with Gasteiger partial charge in [0, 0.05) is 5.02 Å². The van der Waals surface area contributed by atoms with Gasteiger partial charge in [-0.3, -0.25) is 0 Å². The van der Waals surface area contributed by atoms with E-state index in [4.69, 9.17) is 11.6 Å². The van der Waals surface area contributed by atoms with Crippen LogP contribution in [0.4, 0.5) is 4.39 Å². The summed E-state index contributed by atoms with van der Waals surface area (Å²) in [5, 5.41) is 0.601. The van der Waals surface area contributed by atoms with E-state index in [0.29, 0.717) is 16.1 Å². The first kappa shape index (κ1) is 10.5. The van der Waals surface area contributed by atoms with Crippen molar-refractivity contribution < 1.29 is 4.39 Å². The molecule has 0 aliphatic rings. The van der Waals surface area contributed by atoms with E-state index < -0.39 is 0 Å².